The zero-order valence-electron chi connectivity index (χ0n) is 10.0. The fraction of sp³-hybridized carbons (Fsp3) is 0.462. The first-order valence-electron chi connectivity index (χ1n) is 6.08. The fourth-order valence-corrected chi connectivity index (χ4v) is 3.06. The van der Waals surface area contributed by atoms with Crippen LogP contribution in [0.5, 0.6) is 0 Å². The van der Waals surface area contributed by atoms with Crippen LogP contribution in [0.2, 0.25) is 0 Å². The molecule has 2 rings (SSSR count). The van der Waals surface area contributed by atoms with E-state index in [1.165, 1.54) is 24.3 Å². The van der Waals surface area contributed by atoms with Crippen LogP contribution in [0.1, 0.15) is 25.7 Å². The summed E-state index contributed by atoms with van der Waals surface area (Å²) in [6.07, 6.45) is 4.31. The summed E-state index contributed by atoms with van der Waals surface area (Å²) < 4.78 is 24.6. The van der Waals surface area contributed by atoms with Gasteiger partial charge in [-0.3, -0.25) is 9.00 Å². The molecule has 1 aliphatic rings. The number of carbonyl (C=O) groups excluding carboxylic acids is 1. The van der Waals surface area contributed by atoms with Crippen LogP contribution in [-0.4, -0.2) is 21.9 Å². The van der Waals surface area contributed by atoms with Gasteiger partial charge in [0.15, 0.2) is 0 Å². The van der Waals surface area contributed by atoms with Gasteiger partial charge in [-0.15, -0.1) is 0 Å². The highest BCUT2D eigenvalue weighted by atomic mass is 32.2. The van der Waals surface area contributed by atoms with Crippen LogP contribution in [0.25, 0.3) is 0 Å². The van der Waals surface area contributed by atoms with Crippen molar-refractivity contribution in [3.05, 3.63) is 30.1 Å². The molecule has 1 amide bonds. The molecular formula is C13H16FNO2S. The van der Waals surface area contributed by atoms with Gasteiger partial charge in [-0.2, -0.15) is 0 Å². The Hall–Kier alpha value is -1.23. The second-order valence-electron chi connectivity index (χ2n) is 4.49. The van der Waals surface area contributed by atoms with E-state index in [0.717, 1.165) is 25.7 Å². The van der Waals surface area contributed by atoms with Gasteiger partial charge in [0, 0.05) is 10.9 Å². The first-order chi connectivity index (χ1) is 8.65. The van der Waals surface area contributed by atoms with Gasteiger partial charge in [0.2, 0.25) is 5.91 Å². The minimum absolute atomic E-state index is 0.0534. The molecule has 1 aromatic rings. The lowest BCUT2D eigenvalue weighted by molar-refractivity contribution is -0.119. The number of benzene rings is 1. The Labute approximate surface area is 108 Å². The van der Waals surface area contributed by atoms with E-state index in [4.69, 9.17) is 0 Å². The highest BCUT2D eigenvalue weighted by molar-refractivity contribution is 7.85. The Morgan fingerprint density at radius 1 is 1.28 bits per heavy atom. The number of amides is 1. The Morgan fingerprint density at radius 2 is 1.89 bits per heavy atom. The van der Waals surface area contributed by atoms with E-state index in [2.05, 4.69) is 5.32 Å². The molecule has 0 bridgehead atoms. The van der Waals surface area contributed by atoms with Gasteiger partial charge in [-0.05, 0) is 37.1 Å². The summed E-state index contributed by atoms with van der Waals surface area (Å²) in [7, 11) is -1.40. The fourth-order valence-electron chi connectivity index (χ4n) is 2.13. The number of hydrogen-bond acceptors (Lipinski definition) is 2. The van der Waals surface area contributed by atoms with Crippen LogP contribution >= 0.6 is 0 Å². The van der Waals surface area contributed by atoms with Gasteiger partial charge < -0.3 is 5.32 Å². The average molecular weight is 269 g/mol. The topological polar surface area (TPSA) is 46.2 Å². The molecule has 1 unspecified atom stereocenters. The first-order valence-corrected chi connectivity index (χ1v) is 7.40. The molecule has 1 aliphatic carbocycles. The molecule has 0 spiro atoms. The summed E-state index contributed by atoms with van der Waals surface area (Å²) in [5, 5.41) is 2.88. The van der Waals surface area contributed by atoms with Gasteiger partial charge in [0.25, 0.3) is 0 Å². The molecule has 5 heteroatoms. The summed E-state index contributed by atoms with van der Waals surface area (Å²) in [4.78, 5) is 12.2. The van der Waals surface area contributed by atoms with Crippen molar-refractivity contribution in [2.75, 3.05) is 5.75 Å². The maximum absolute atomic E-state index is 12.7. The zero-order valence-corrected chi connectivity index (χ0v) is 10.8. The van der Waals surface area contributed by atoms with Crippen LogP contribution in [0.4, 0.5) is 4.39 Å². The van der Waals surface area contributed by atoms with E-state index in [1.54, 1.807) is 0 Å². The summed E-state index contributed by atoms with van der Waals surface area (Å²) in [5.74, 6) is -0.613. The molecule has 98 valence electrons. The monoisotopic (exact) mass is 269 g/mol. The normalized spacial score (nSPS) is 17.6. The number of hydrogen-bond donors (Lipinski definition) is 1. The molecule has 0 radical (unpaired) electrons. The van der Waals surface area contributed by atoms with Crippen molar-refractivity contribution >= 4 is 16.7 Å². The second-order valence-corrected chi connectivity index (χ2v) is 5.94. The van der Waals surface area contributed by atoms with E-state index >= 15 is 0 Å². The van der Waals surface area contributed by atoms with Gasteiger partial charge in [-0.25, -0.2) is 4.39 Å². The zero-order chi connectivity index (χ0) is 13.0. The second kappa shape index (κ2) is 6.09. The lowest BCUT2D eigenvalue weighted by Crippen LogP contribution is -2.35. The van der Waals surface area contributed by atoms with Crippen LogP contribution in [0, 0.1) is 5.82 Å². The van der Waals surface area contributed by atoms with Crippen molar-refractivity contribution in [1.82, 2.24) is 5.32 Å². The maximum atomic E-state index is 12.7. The summed E-state index contributed by atoms with van der Waals surface area (Å²) >= 11 is 0. The largest absolute Gasteiger partial charge is 0.353 e. The molecule has 1 atom stereocenters. The predicted molar refractivity (Wildman–Crippen MR) is 68.1 cm³/mol. The summed E-state index contributed by atoms with van der Waals surface area (Å²) in [5.41, 5.74) is 0. The van der Waals surface area contributed by atoms with E-state index in [9.17, 15) is 13.4 Å². The van der Waals surface area contributed by atoms with Crippen molar-refractivity contribution in [2.45, 2.75) is 36.6 Å². The van der Waals surface area contributed by atoms with Crippen LogP contribution in [0.3, 0.4) is 0 Å². The number of nitrogens with one attached hydrogen (secondary N) is 1. The molecule has 3 nitrogen and oxygen atoms in total. The van der Waals surface area contributed by atoms with Crippen molar-refractivity contribution in [3.8, 4) is 0 Å². The first kappa shape index (κ1) is 13.2. The molecule has 0 heterocycles. The predicted octanol–water partition coefficient (Wildman–Crippen LogP) is 1.99. The van der Waals surface area contributed by atoms with E-state index in [0.29, 0.717) is 4.90 Å². The highest BCUT2D eigenvalue weighted by Crippen LogP contribution is 2.17. The highest BCUT2D eigenvalue weighted by Gasteiger charge is 2.18. The molecule has 1 saturated carbocycles. The van der Waals surface area contributed by atoms with Gasteiger partial charge in [0.05, 0.1) is 10.8 Å². The van der Waals surface area contributed by atoms with E-state index in [1.807, 2.05) is 0 Å². The number of rotatable bonds is 4. The molecule has 18 heavy (non-hydrogen) atoms. The molecule has 0 aromatic heterocycles. The van der Waals surface area contributed by atoms with E-state index < -0.39 is 10.8 Å². The minimum atomic E-state index is -1.40. The van der Waals surface area contributed by atoms with Gasteiger partial charge in [0.1, 0.15) is 11.6 Å². The SMILES string of the molecule is O=C(CS(=O)c1ccc(F)cc1)NC1CCCC1. The number of halogens is 1. The number of carbonyl (C=O) groups is 1. The molecule has 0 aliphatic heterocycles. The van der Waals surface area contributed by atoms with Crippen LogP contribution in [0.15, 0.2) is 29.2 Å². The Kier molecular flexibility index (Phi) is 4.47. The summed E-state index contributed by atoms with van der Waals surface area (Å²) in [6.45, 7) is 0. The average Bonchev–Trinajstić information content (AvgIpc) is 2.82. The van der Waals surface area contributed by atoms with Gasteiger partial charge >= 0.3 is 0 Å². The minimum Gasteiger partial charge on any atom is -0.353 e. The van der Waals surface area contributed by atoms with Crippen LogP contribution < -0.4 is 5.32 Å². The summed E-state index contributed by atoms with van der Waals surface area (Å²) in [6, 6.07) is 5.65. The molecular weight excluding hydrogens is 253 g/mol. The van der Waals surface area contributed by atoms with Gasteiger partial charge in [-0.1, -0.05) is 12.8 Å². The third kappa shape index (κ3) is 3.63. The molecule has 1 aromatic carbocycles. The van der Waals surface area contributed by atoms with Crippen molar-refractivity contribution in [3.63, 3.8) is 0 Å². The van der Waals surface area contributed by atoms with Crippen LogP contribution in [-0.2, 0) is 15.6 Å². The van der Waals surface area contributed by atoms with E-state index in [-0.39, 0.29) is 23.5 Å². The van der Waals surface area contributed by atoms with Crippen molar-refractivity contribution in [1.29, 1.82) is 0 Å². The van der Waals surface area contributed by atoms with Crippen molar-refractivity contribution in [2.24, 2.45) is 0 Å². The maximum Gasteiger partial charge on any atom is 0.233 e. The molecule has 1 N–H and O–H groups in total. The molecule has 0 saturated heterocycles. The Balaban J connectivity index is 1.86. The lowest BCUT2D eigenvalue weighted by Gasteiger charge is -2.11. The standard InChI is InChI=1S/C13H16FNO2S/c14-10-5-7-12(8-6-10)18(17)9-13(16)15-11-3-1-2-4-11/h5-8,11H,1-4,9H2,(H,15,16). The lowest BCUT2D eigenvalue weighted by atomic mass is 10.2. The quantitative estimate of drug-likeness (QED) is 0.908. The Morgan fingerprint density at radius 3 is 2.50 bits per heavy atom. The van der Waals surface area contributed by atoms with Crippen molar-refractivity contribution < 1.29 is 13.4 Å². The third-order valence-corrected chi connectivity index (χ3v) is 4.38. The Bertz CT molecular complexity index is 441. The smallest absolute Gasteiger partial charge is 0.233 e. The third-order valence-electron chi connectivity index (χ3n) is 3.06. The molecule has 1 fully saturated rings.